The van der Waals surface area contributed by atoms with Crippen LogP contribution in [0.5, 0.6) is 11.5 Å². The van der Waals surface area contributed by atoms with Crippen molar-refractivity contribution in [2.45, 2.75) is 0 Å². The maximum atomic E-state index is 11.9. The molecule has 0 bridgehead atoms. The molecule has 2 aromatic rings. The van der Waals surface area contributed by atoms with Crippen molar-refractivity contribution >= 4 is 11.5 Å². The number of pyridine rings is 1. The molecule has 0 amide bonds. The highest BCUT2D eigenvalue weighted by molar-refractivity contribution is 6.16. The highest BCUT2D eigenvalue weighted by atomic mass is 16.5. The second kappa shape index (κ2) is 7.09. The second-order valence-electron chi connectivity index (χ2n) is 4.05. The summed E-state index contributed by atoms with van der Waals surface area (Å²) in [5, 5.41) is 0. The minimum absolute atomic E-state index is 0.235. The quantitative estimate of drug-likeness (QED) is 0.480. The zero-order valence-corrected chi connectivity index (χ0v) is 11.8. The Labute approximate surface area is 122 Å². The average molecular weight is 285 g/mol. The van der Waals surface area contributed by atoms with Crippen molar-refractivity contribution in [2.24, 2.45) is 0 Å². The Morgan fingerprint density at radius 2 is 1.90 bits per heavy atom. The van der Waals surface area contributed by atoms with Crippen molar-refractivity contribution in [3.63, 3.8) is 0 Å². The molecule has 0 unspecified atom stereocenters. The number of nitrogens with zero attached hydrogens (tertiary/aromatic N) is 1. The highest BCUT2D eigenvalue weighted by Crippen LogP contribution is 2.30. The summed E-state index contributed by atoms with van der Waals surface area (Å²) in [5.74, 6) is 0.624. The van der Waals surface area contributed by atoms with E-state index in [1.165, 1.54) is 26.7 Å². The van der Waals surface area contributed by atoms with Crippen LogP contribution < -0.4 is 4.74 Å². The molecule has 1 aromatic carbocycles. The van der Waals surface area contributed by atoms with E-state index in [0.29, 0.717) is 17.1 Å². The van der Waals surface area contributed by atoms with Gasteiger partial charge in [0.25, 0.3) is 0 Å². The fraction of sp³-hybridized carbons (Fsp3) is 0.125. The van der Waals surface area contributed by atoms with Crippen molar-refractivity contribution < 1.29 is 19.0 Å². The molecule has 0 aliphatic heterocycles. The molecule has 5 heteroatoms. The number of benzene rings is 1. The summed E-state index contributed by atoms with van der Waals surface area (Å²) < 4.78 is 15.5. The summed E-state index contributed by atoms with van der Waals surface area (Å²) in [7, 11) is 2.76. The zero-order chi connectivity index (χ0) is 15.1. The maximum Gasteiger partial charge on any atom is 0.341 e. The number of rotatable bonds is 5. The van der Waals surface area contributed by atoms with E-state index in [4.69, 9.17) is 14.2 Å². The first-order valence-electron chi connectivity index (χ1n) is 6.25. The molecule has 0 atom stereocenters. The van der Waals surface area contributed by atoms with Gasteiger partial charge >= 0.3 is 5.97 Å². The van der Waals surface area contributed by atoms with Crippen molar-refractivity contribution in [2.75, 3.05) is 14.2 Å². The van der Waals surface area contributed by atoms with Gasteiger partial charge in [-0.1, -0.05) is 18.2 Å². The van der Waals surface area contributed by atoms with Gasteiger partial charge in [-0.05, 0) is 18.2 Å². The summed E-state index contributed by atoms with van der Waals surface area (Å²) in [4.78, 5) is 15.9. The SMILES string of the molecule is CO/C=C(/C(=O)OC)c1cnccc1Oc1ccccc1. The van der Waals surface area contributed by atoms with Crippen LogP contribution in [-0.4, -0.2) is 25.2 Å². The molecule has 21 heavy (non-hydrogen) atoms. The largest absolute Gasteiger partial charge is 0.503 e. The Balaban J connectivity index is 2.40. The minimum atomic E-state index is -0.525. The van der Waals surface area contributed by atoms with Gasteiger partial charge in [0.05, 0.1) is 26.0 Å². The lowest BCUT2D eigenvalue weighted by Gasteiger charge is -2.12. The average Bonchev–Trinajstić information content (AvgIpc) is 2.54. The molecule has 0 N–H and O–H groups in total. The lowest BCUT2D eigenvalue weighted by atomic mass is 10.1. The monoisotopic (exact) mass is 285 g/mol. The van der Waals surface area contributed by atoms with Crippen molar-refractivity contribution in [1.82, 2.24) is 4.98 Å². The predicted octanol–water partition coefficient (Wildman–Crippen LogP) is 3.03. The third-order valence-corrected chi connectivity index (χ3v) is 2.68. The van der Waals surface area contributed by atoms with E-state index in [1.807, 2.05) is 30.3 Å². The number of para-hydroxylation sites is 1. The van der Waals surface area contributed by atoms with Gasteiger partial charge in [-0.25, -0.2) is 4.79 Å². The number of aromatic nitrogens is 1. The topological polar surface area (TPSA) is 57.7 Å². The van der Waals surface area contributed by atoms with Crippen LogP contribution in [0.2, 0.25) is 0 Å². The second-order valence-corrected chi connectivity index (χ2v) is 4.05. The van der Waals surface area contributed by atoms with E-state index >= 15 is 0 Å². The molecule has 0 saturated carbocycles. The van der Waals surface area contributed by atoms with Crippen molar-refractivity contribution in [3.05, 3.63) is 60.6 Å². The van der Waals surface area contributed by atoms with E-state index in [2.05, 4.69) is 4.98 Å². The van der Waals surface area contributed by atoms with Crippen LogP contribution in [0.15, 0.2) is 55.1 Å². The number of carbonyl (C=O) groups is 1. The minimum Gasteiger partial charge on any atom is -0.503 e. The van der Waals surface area contributed by atoms with Crippen LogP contribution in [0.25, 0.3) is 5.57 Å². The molecule has 1 aromatic heterocycles. The molecule has 0 saturated heterocycles. The van der Waals surface area contributed by atoms with Crippen LogP contribution in [-0.2, 0) is 14.3 Å². The summed E-state index contributed by atoms with van der Waals surface area (Å²) in [6.45, 7) is 0. The number of carbonyl (C=O) groups excluding carboxylic acids is 1. The third kappa shape index (κ3) is 3.60. The zero-order valence-electron chi connectivity index (χ0n) is 11.8. The van der Waals surface area contributed by atoms with Gasteiger partial charge in [0.1, 0.15) is 17.1 Å². The standard InChI is InChI=1S/C16H15NO4/c1-19-11-14(16(18)20-2)13-10-17-9-8-15(13)21-12-6-4-3-5-7-12/h3-11H,1-2H3/b14-11+. The Morgan fingerprint density at radius 1 is 1.14 bits per heavy atom. The fourth-order valence-corrected chi connectivity index (χ4v) is 1.74. The van der Waals surface area contributed by atoms with E-state index < -0.39 is 5.97 Å². The van der Waals surface area contributed by atoms with Crippen LogP contribution in [0, 0.1) is 0 Å². The van der Waals surface area contributed by atoms with Crippen molar-refractivity contribution in [1.29, 1.82) is 0 Å². The first-order chi connectivity index (χ1) is 10.3. The molecule has 5 nitrogen and oxygen atoms in total. The molecule has 0 fully saturated rings. The number of hydrogen-bond donors (Lipinski definition) is 0. The Hall–Kier alpha value is -2.82. The van der Waals surface area contributed by atoms with Gasteiger partial charge in [0.15, 0.2) is 0 Å². The molecular weight excluding hydrogens is 270 g/mol. The molecule has 0 aliphatic carbocycles. The predicted molar refractivity (Wildman–Crippen MR) is 77.8 cm³/mol. The summed E-state index contributed by atoms with van der Waals surface area (Å²) in [6, 6.07) is 10.9. The lowest BCUT2D eigenvalue weighted by Crippen LogP contribution is -2.06. The maximum absolute atomic E-state index is 11.9. The van der Waals surface area contributed by atoms with E-state index in [9.17, 15) is 4.79 Å². The Morgan fingerprint density at radius 3 is 2.57 bits per heavy atom. The van der Waals surface area contributed by atoms with Crippen molar-refractivity contribution in [3.8, 4) is 11.5 Å². The molecule has 2 rings (SSSR count). The van der Waals surface area contributed by atoms with Gasteiger partial charge in [-0.15, -0.1) is 0 Å². The van der Waals surface area contributed by atoms with Gasteiger partial charge in [0.2, 0.25) is 0 Å². The fourth-order valence-electron chi connectivity index (χ4n) is 1.74. The number of esters is 1. The Kier molecular flexibility index (Phi) is 4.93. The third-order valence-electron chi connectivity index (χ3n) is 2.68. The summed E-state index contributed by atoms with van der Waals surface area (Å²) in [6.07, 6.45) is 4.42. The van der Waals surface area contributed by atoms with Crippen LogP contribution >= 0.6 is 0 Å². The highest BCUT2D eigenvalue weighted by Gasteiger charge is 2.18. The van der Waals surface area contributed by atoms with E-state index in [-0.39, 0.29) is 5.57 Å². The van der Waals surface area contributed by atoms with Crippen LogP contribution in [0.3, 0.4) is 0 Å². The molecule has 0 radical (unpaired) electrons. The van der Waals surface area contributed by atoms with E-state index in [1.54, 1.807) is 12.3 Å². The molecule has 1 heterocycles. The molecular formula is C16H15NO4. The Bertz CT molecular complexity index is 638. The lowest BCUT2D eigenvalue weighted by molar-refractivity contribution is -0.133. The number of methoxy groups -OCH3 is 2. The van der Waals surface area contributed by atoms with Gasteiger partial charge in [-0.3, -0.25) is 4.98 Å². The summed E-state index contributed by atoms with van der Waals surface area (Å²) >= 11 is 0. The van der Waals surface area contributed by atoms with E-state index in [0.717, 1.165) is 0 Å². The molecule has 0 aliphatic rings. The number of hydrogen-bond acceptors (Lipinski definition) is 5. The smallest absolute Gasteiger partial charge is 0.341 e. The summed E-state index contributed by atoms with van der Waals surface area (Å²) in [5.41, 5.74) is 0.731. The normalized spacial score (nSPS) is 10.9. The van der Waals surface area contributed by atoms with Gasteiger partial charge in [-0.2, -0.15) is 0 Å². The first kappa shape index (κ1) is 14.6. The first-order valence-corrected chi connectivity index (χ1v) is 6.25. The van der Waals surface area contributed by atoms with Gasteiger partial charge < -0.3 is 14.2 Å². The number of ether oxygens (including phenoxy) is 3. The van der Waals surface area contributed by atoms with Crippen LogP contribution in [0.1, 0.15) is 5.56 Å². The molecule has 0 spiro atoms. The molecule has 108 valence electrons. The van der Waals surface area contributed by atoms with Crippen LogP contribution in [0.4, 0.5) is 0 Å². The van der Waals surface area contributed by atoms with Gasteiger partial charge in [0, 0.05) is 12.4 Å².